The van der Waals surface area contributed by atoms with Gasteiger partial charge in [0.2, 0.25) is 18.3 Å². The van der Waals surface area contributed by atoms with Crippen molar-refractivity contribution in [2.75, 3.05) is 13.2 Å². The number of carboxylic acid groups (broad SMARTS) is 1. The molecule has 0 radical (unpaired) electrons. The highest BCUT2D eigenvalue weighted by Crippen LogP contribution is 2.42. The quantitative estimate of drug-likeness (QED) is 0.0274. The van der Waals surface area contributed by atoms with Crippen molar-refractivity contribution in [2.24, 2.45) is 0 Å². The minimum Gasteiger partial charge on any atom is -0.508 e. The smallest absolute Gasteiger partial charge is 0.402 e. The molecule has 0 amide bonds. The number of aliphatic hydroxyl groups is 6. The van der Waals surface area contributed by atoms with Gasteiger partial charge in [0.1, 0.15) is 91.1 Å². The van der Waals surface area contributed by atoms with Crippen molar-refractivity contribution in [3.05, 3.63) is 72.3 Å². The van der Waals surface area contributed by atoms with E-state index in [0.717, 1.165) is 18.2 Å². The summed E-state index contributed by atoms with van der Waals surface area (Å²) in [5.41, 5.74) is 0.480. The summed E-state index contributed by atoms with van der Waals surface area (Å²) in [6.45, 7) is -1.42. The van der Waals surface area contributed by atoms with E-state index < -0.39 is 110 Å². The molecule has 2 aliphatic rings. The summed E-state index contributed by atoms with van der Waals surface area (Å²) < 4.78 is 39.4. The molecule has 1 aromatic heterocycles. The molecule has 6 rings (SSSR count). The van der Waals surface area contributed by atoms with Crippen LogP contribution in [0.1, 0.15) is 12.0 Å². The monoisotopic (exact) mass is 843 g/mol. The number of esters is 2. The highest BCUT2D eigenvalue weighted by molar-refractivity contribution is 5.90. The molecular weight excluding hydrogens is 804 g/mol. The van der Waals surface area contributed by atoms with Crippen LogP contribution in [0.4, 0.5) is 0 Å². The maximum atomic E-state index is 12.5. The first-order chi connectivity index (χ1) is 28.5. The number of carbonyl (C=O) groups is 3. The van der Waals surface area contributed by atoms with E-state index in [4.69, 9.17) is 37.9 Å². The minimum atomic E-state index is -1.95. The SMILES string of the molecule is O=C(O)CC(=O)OC[C@H]1O[C@@H](Oc2cc(O)cc3[o+]c(-c4ccc(O)cc4)c(O[C@@H]4O[C@H](COC(=O)/C=C/c5ccc(O)c(O)c5)[C@@H](O)[C@@H](O)[C@@H]4O)cc23)[C@H](O)[C@@H](O)[C@@H]1O. The molecule has 320 valence electrons. The van der Waals surface area contributed by atoms with E-state index in [0.29, 0.717) is 5.56 Å². The number of aromatic hydroxyl groups is 4. The van der Waals surface area contributed by atoms with Gasteiger partial charge < -0.3 is 84.6 Å². The van der Waals surface area contributed by atoms with E-state index in [2.05, 4.69) is 0 Å². The van der Waals surface area contributed by atoms with Gasteiger partial charge in [0.25, 0.3) is 0 Å². The van der Waals surface area contributed by atoms with Gasteiger partial charge in [-0.05, 0) is 48.0 Å². The van der Waals surface area contributed by atoms with Crippen molar-refractivity contribution in [3.8, 4) is 45.8 Å². The zero-order valence-electron chi connectivity index (χ0n) is 30.8. The lowest BCUT2D eigenvalue weighted by molar-refractivity contribution is -0.278. The summed E-state index contributed by atoms with van der Waals surface area (Å²) in [6.07, 6.45) is -16.8. The standard InChI is InChI=1S/C39H38O21/c40-18-5-3-17(4-6-18)37-25(58-39-36(53)34(51)31(48)26(60-39)14-54-29(46)8-2-16-1-7-21(42)22(43)9-16)12-20-23(56-37)10-19(41)11-24(20)57-38-35(52)33(50)32(49)27(59-38)15-55-30(47)13-28(44)45/h1-12,26-27,31-36,38-39,48-53H,13-15H2,(H4-,40,41,42,43,44,45,46)/p+1/t26-,27-,31-,32-,33+,34-,35-,36+,38-,39-/m1/s1. The third kappa shape index (κ3) is 9.93. The zero-order valence-corrected chi connectivity index (χ0v) is 30.8. The topological polar surface area (TPSA) is 340 Å². The lowest BCUT2D eigenvalue weighted by atomic mass is 9.99. The fourth-order valence-corrected chi connectivity index (χ4v) is 6.09. The summed E-state index contributed by atoms with van der Waals surface area (Å²) in [5.74, 6) is -5.65. The van der Waals surface area contributed by atoms with Crippen LogP contribution >= 0.6 is 0 Å². The Kier molecular flexibility index (Phi) is 13.2. The van der Waals surface area contributed by atoms with Crippen molar-refractivity contribution in [3.63, 3.8) is 0 Å². The number of fused-ring (bicyclic) bond motifs is 1. The number of phenolic OH excluding ortho intramolecular Hbond substituents is 4. The van der Waals surface area contributed by atoms with E-state index in [1.807, 2.05) is 0 Å². The summed E-state index contributed by atoms with van der Waals surface area (Å²) in [7, 11) is 0. The normalized spacial score (nSPS) is 26.7. The van der Waals surface area contributed by atoms with E-state index in [1.165, 1.54) is 54.6 Å². The number of rotatable bonds is 13. The van der Waals surface area contributed by atoms with E-state index >= 15 is 0 Å². The Bertz CT molecular complexity index is 2230. The van der Waals surface area contributed by atoms with Gasteiger partial charge in [-0.3, -0.25) is 9.59 Å². The van der Waals surface area contributed by atoms with E-state index in [-0.39, 0.29) is 45.3 Å². The molecule has 21 nitrogen and oxygen atoms in total. The second-order valence-electron chi connectivity index (χ2n) is 13.6. The number of hydrogen-bond donors (Lipinski definition) is 11. The Hall–Kier alpha value is -6.30. The van der Waals surface area contributed by atoms with Crippen molar-refractivity contribution >= 4 is 35.0 Å². The number of phenols is 4. The van der Waals surface area contributed by atoms with Gasteiger partial charge in [0.15, 0.2) is 11.5 Å². The number of aliphatic carboxylic acids is 1. The van der Waals surface area contributed by atoms with Crippen LogP contribution in [-0.2, 0) is 33.3 Å². The molecule has 10 atom stereocenters. The lowest BCUT2D eigenvalue weighted by Gasteiger charge is -2.40. The number of carboxylic acids is 1. The third-order valence-corrected chi connectivity index (χ3v) is 9.26. The van der Waals surface area contributed by atoms with Crippen molar-refractivity contribution in [1.82, 2.24) is 0 Å². The summed E-state index contributed by atoms with van der Waals surface area (Å²) >= 11 is 0. The van der Waals surface area contributed by atoms with Gasteiger partial charge >= 0.3 is 29.3 Å². The first-order valence-electron chi connectivity index (χ1n) is 17.9. The summed E-state index contributed by atoms with van der Waals surface area (Å²) in [4.78, 5) is 35.2. The van der Waals surface area contributed by atoms with Gasteiger partial charge in [-0.25, -0.2) is 9.21 Å². The lowest BCUT2D eigenvalue weighted by Crippen LogP contribution is -2.60. The predicted octanol–water partition coefficient (Wildman–Crippen LogP) is -0.149. The summed E-state index contributed by atoms with van der Waals surface area (Å²) in [6, 6.07) is 12.7. The minimum absolute atomic E-state index is 0.0312. The zero-order chi connectivity index (χ0) is 43.4. The van der Waals surface area contributed by atoms with Crippen LogP contribution in [-0.4, -0.2) is 149 Å². The largest absolute Gasteiger partial charge is 0.508 e. The van der Waals surface area contributed by atoms with Crippen molar-refractivity contribution in [2.45, 2.75) is 67.8 Å². The first kappa shape index (κ1) is 43.3. The fraction of sp³-hybridized carbons (Fsp3) is 0.333. The fourth-order valence-electron chi connectivity index (χ4n) is 6.09. The van der Waals surface area contributed by atoms with Crippen LogP contribution in [0, 0.1) is 0 Å². The molecule has 2 fully saturated rings. The van der Waals surface area contributed by atoms with Crippen LogP contribution in [0.15, 0.2) is 71.2 Å². The Morgan fingerprint density at radius 2 is 1.25 bits per heavy atom. The van der Waals surface area contributed by atoms with Gasteiger partial charge in [0, 0.05) is 18.2 Å². The number of aliphatic hydroxyl groups excluding tert-OH is 6. The molecule has 2 aliphatic heterocycles. The van der Waals surface area contributed by atoms with Gasteiger partial charge in [0.05, 0.1) is 11.6 Å². The van der Waals surface area contributed by atoms with Crippen LogP contribution in [0.5, 0.6) is 34.5 Å². The van der Waals surface area contributed by atoms with Gasteiger partial charge in [-0.15, -0.1) is 0 Å². The molecular formula is C39H39O21+. The molecule has 11 N–H and O–H groups in total. The van der Waals surface area contributed by atoms with Crippen LogP contribution in [0.3, 0.4) is 0 Å². The molecule has 4 aromatic rings. The van der Waals surface area contributed by atoms with Gasteiger partial charge in [-0.1, -0.05) is 6.07 Å². The number of carbonyl (C=O) groups excluding carboxylic acids is 2. The van der Waals surface area contributed by atoms with Gasteiger partial charge in [-0.2, -0.15) is 0 Å². The van der Waals surface area contributed by atoms with Crippen molar-refractivity contribution < 1.29 is 103 Å². The highest BCUT2D eigenvalue weighted by atomic mass is 16.7. The molecule has 21 heteroatoms. The number of ether oxygens (including phenoxy) is 6. The molecule has 0 spiro atoms. The Morgan fingerprint density at radius 1 is 0.650 bits per heavy atom. The summed E-state index contributed by atoms with van der Waals surface area (Å²) in [5, 5.41) is 113. The number of benzene rings is 3. The predicted molar refractivity (Wildman–Crippen MR) is 197 cm³/mol. The molecule has 0 bridgehead atoms. The third-order valence-electron chi connectivity index (χ3n) is 9.26. The molecule has 0 saturated carbocycles. The van der Waals surface area contributed by atoms with Crippen LogP contribution < -0.4 is 9.47 Å². The van der Waals surface area contributed by atoms with Crippen LogP contribution in [0.25, 0.3) is 28.4 Å². The number of hydrogen-bond acceptors (Lipinski definition) is 19. The Morgan fingerprint density at radius 3 is 1.85 bits per heavy atom. The molecule has 0 aliphatic carbocycles. The second-order valence-corrected chi connectivity index (χ2v) is 13.6. The molecule has 0 unspecified atom stereocenters. The maximum Gasteiger partial charge on any atom is 0.402 e. The Balaban J connectivity index is 1.27. The maximum absolute atomic E-state index is 12.5. The van der Waals surface area contributed by atoms with E-state index in [9.17, 15) is 65.4 Å². The second kappa shape index (κ2) is 18.3. The van der Waals surface area contributed by atoms with Crippen LogP contribution in [0.2, 0.25) is 0 Å². The molecule has 3 aromatic carbocycles. The van der Waals surface area contributed by atoms with E-state index in [1.54, 1.807) is 0 Å². The van der Waals surface area contributed by atoms with Crippen molar-refractivity contribution in [1.29, 1.82) is 0 Å². The molecule has 60 heavy (non-hydrogen) atoms. The first-order valence-corrected chi connectivity index (χ1v) is 17.9. The average molecular weight is 844 g/mol. The molecule has 2 saturated heterocycles. The molecule has 3 heterocycles. The Labute approximate surface area is 337 Å². The average Bonchev–Trinajstić information content (AvgIpc) is 3.20. The highest BCUT2D eigenvalue weighted by Gasteiger charge is 2.48.